The molecule has 0 amide bonds. The van der Waals surface area contributed by atoms with Crippen LogP contribution in [0.15, 0.2) is 18.2 Å². The van der Waals surface area contributed by atoms with E-state index in [1.807, 2.05) is 14.0 Å². The van der Waals surface area contributed by atoms with Gasteiger partial charge < -0.3 is 5.32 Å². The summed E-state index contributed by atoms with van der Waals surface area (Å²) in [5.41, 5.74) is 0.844. The molecule has 0 heterocycles. The summed E-state index contributed by atoms with van der Waals surface area (Å²) in [5, 5.41) is 3.08. The molecule has 1 aromatic rings. The molecule has 2 atom stereocenters. The van der Waals surface area contributed by atoms with E-state index in [2.05, 4.69) is 12.2 Å². The third kappa shape index (κ3) is 2.99. The summed E-state index contributed by atoms with van der Waals surface area (Å²) >= 11 is 0. The van der Waals surface area contributed by atoms with E-state index in [-0.39, 0.29) is 5.92 Å². The lowest BCUT2D eigenvalue weighted by atomic mass is 9.89. The molecule has 3 heteroatoms. The first-order valence-electron chi connectivity index (χ1n) is 5.15. The van der Waals surface area contributed by atoms with Crippen LogP contribution in [0.5, 0.6) is 0 Å². The molecule has 0 saturated carbocycles. The molecule has 1 N–H and O–H groups in total. The second-order valence-electron chi connectivity index (χ2n) is 4.00. The van der Waals surface area contributed by atoms with Crippen molar-refractivity contribution in [3.8, 4) is 0 Å². The lowest BCUT2D eigenvalue weighted by Gasteiger charge is -2.20. The van der Waals surface area contributed by atoms with Crippen LogP contribution in [0.2, 0.25) is 0 Å². The van der Waals surface area contributed by atoms with Gasteiger partial charge >= 0.3 is 0 Å². The first-order chi connectivity index (χ1) is 7.06. The summed E-state index contributed by atoms with van der Waals surface area (Å²) in [7, 11) is 1.88. The molecule has 0 saturated heterocycles. The van der Waals surface area contributed by atoms with Crippen molar-refractivity contribution in [1.29, 1.82) is 0 Å². The predicted molar refractivity (Wildman–Crippen MR) is 57.9 cm³/mol. The highest BCUT2D eigenvalue weighted by molar-refractivity contribution is 5.21. The van der Waals surface area contributed by atoms with Crippen molar-refractivity contribution in [2.24, 2.45) is 5.92 Å². The van der Waals surface area contributed by atoms with Crippen LogP contribution in [0.3, 0.4) is 0 Å². The van der Waals surface area contributed by atoms with E-state index < -0.39 is 11.6 Å². The summed E-state index contributed by atoms with van der Waals surface area (Å²) in [6.45, 7) is 4.97. The van der Waals surface area contributed by atoms with Crippen molar-refractivity contribution in [2.75, 3.05) is 13.6 Å². The minimum absolute atomic E-state index is 0.215. The maximum Gasteiger partial charge on any atom is 0.159 e. The van der Waals surface area contributed by atoms with E-state index in [9.17, 15) is 8.78 Å². The van der Waals surface area contributed by atoms with Crippen LogP contribution in [0.1, 0.15) is 25.3 Å². The van der Waals surface area contributed by atoms with Gasteiger partial charge in [0.05, 0.1) is 0 Å². The van der Waals surface area contributed by atoms with Crippen LogP contribution in [0.25, 0.3) is 0 Å². The smallest absolute Gasteiger partial charge is 0.159 e. The van der Waals surface area contributed by atoms with Gasteiger partial charge in [0.15, 0.2) is 11.6 Å². The molecule has 0 bridgehead atoms. The van der Waals surface area contributed by atoms with Crippen LogP contribution < -0.4 is 5.32 Å². The summed E-state index contributed by atoms with van der Waals surface area (Å²) in [6.07, 6.45) is 0. The van der Waals surface area contributed by atoms with Crippen LogP contribution in [-0.4, -0.2) is 13.6 Å². The Morgan fingerprint density at radius 3 is 2.40 bits per heavy atom. The Labute approximate surface area is 89.5 Å². The zero-order chi connectivity index (χ0) is 11.4. The van der Waals surface area contributed by atoms with Gasteiger partial charge in [0, 0.05) is 0 Å². The Kier molecular flexibility index (Phi) is 4.21. The number of benzene rings is 1. The number of halogens is 2. The van der Waals surface area contributed by atoms with E-state index in [0.717, 1.165) is 12.1 Å². The molecule has 0 fully saturated rings. The van der Waals surface area contributed by atoms with Crippen molar-refractivity contribution in [3.05, 3.63) is 35.4 Å². The van der Waals surface area contributed by atoms with Gasteiger partial charge in [0.2, 0.25) is 0 Å². The average molecular weight is 213 g/mol. The fourth-order valence-corrected chi connectivity index (χ4v) is 1.62. The van der Waals surface area contributed by atoms with Crippen LogP contribution in [0, 0.1) is 17.6 Å². The van der Waals surface area contributed by atoms with Gasteiger partial charge in [0.1, 0.15) is 0 Å². The molecule has 1 aromatic carbocycles. The van der Waals surface area contributed by atoms with Gasteiger partial charge in [-0.2, -0.15) is 0 Å². The molecule has 15 heavy (non-hydrogen) atoms. The molecule has 2 unspecified atom stereocenters. The van der Waals surface area contributed by atoms with Crippen LogP contribution in [0.4, 0.5) is 8.78 Å². The number of rotatable bonds is 4. The standard InChI is InChI=1S/C12H17F2N/c1-8(7-15-3)9(2)10-4-5-11(13)12(14)6-10/h4-6,8-9,15H,7H2,1-3H3. The molecule has 0 aliphatic rings. The first-order valence-corrected chi connectivity index (χ1v) is 5.15. The van der Waals surface area contributed by atoms with Crippen molar-refractivity contribution >= 4 is 0 Å². The predicted octanol–water partition coefficient (Wildman–Crippen LogP) is 2.92. The Morgan fingerprint density at radius 2 is 1.87 bits per heavy atom. The van der Waals surface area contributed by atoms with Crippen molar-refractivity contribution < 1.29 is 8.78 Å². The fraction of sp³-hybridized carbons (Fsp3) is 0.500. The largest absolute Gasteiger partial charge is 0.319 e. The molecule has 1 nitrogen and oxygen atoms in total. The van der Waals surface area contributed by atoms with E-state index in [0.29, 0.717) is 5.92 Å². The number of nitrogens with one attached hydrogen (secondary N) is 1. The summed E-state index contributed by atoms with van der Waals surface area (Å²) in [5.74, 6) is -0.948. The van der Waals surface area contributed by atoms with Gasteiger partial charge in [-0.25, -0.2) is 8.78 Å². The third-order valence-electron chi connectivity index (χ3n) is 2.85. The molecule has 0 spiro atoms. The van der Waals surface area contributed by atoms with Crippen molar-refractivity contribution in [2.45, 2.75) is 19.8 Å². The second kappa shape index (κ2) is 5.21. The molecule has 0 radical (unpaired) electrons. The monoisotopic (exact) mass is 213 g/mol. The lowest BCUT2D eigenvalue weighted by Crippen LogP contribution is -2.20. The zero-order valence-electron chi connectivity index (χ0n) is 9.35. The Morgan fingerprint density at radius 1 is 1.20 bits per heavy atom. The Hall–Kier alpha value is -0.960. The zero-order valence-corrected chi connectivity index (χ0v) is 9.35. The van der Waals surface area contributed by atoms with Gasteiger partial charge in [-0.05, 0) is 43.1 Å². The van der Waals surface area contributed by atoms with E-state index in [1.165, 1.54) is 12.1 Å². The quantitative estimate of drug-likeness (QED) is 0.810. The van der Waals surface area contributed by atoms with Crippen LogP contribution in [-0.2, 0) is 0 Å². The molecule has 0 aliphatic carbocycles. The third-order valence-corrected chi connectivity index (χ3v) is 2.85. The van der Waals surface area contributed by atoms with E-state index >= 15 is 0 Å². The van der Waals surface area contributed by atoms with Gasteiger partial charge in [-0.15, -0.1) is 0 Å². The van der Waals surface area contributed by atoms with Crippen molar-refractivity contribution in [1.82, 2.24) is 5.32 Å². The fourth-order valence-electron chi connectivity index (χ4n) is 1.62. The topological polar surface area (TPSA) is 12.0 Å². The minimum Gasteiger partial charge on any atom is -0.319 e. The molecule has 0 aromatic heterocycles. The van der Waals surface area contributed by atoms with E-state index in [1.54, 1.807) is 6.07 Å². The molecular weight excluding hydrogens is 196 g/mol. The SMILES string of the molecule is CNCC(C)C(C)c1ccc(F)c(F)c1. The summed E-state index contributed by atoms with van der Waals surface area (Å²) < 4.78 is 25.7. The minimum atomic E-state index is -0.785. The lowest BCUT2D eigenvalue weighted by molar-refractivity contribution is 0.458. The second-order valence-corrected chi connectivity index (χ2v) is 4.00. The average Bonchev–Trinajstić information content (AvgIpc) is 2.21. The summed E-state index contributed by atoms with van der Waals surface area (Å²) in [6, 6.07) is 4.12. The molecule has 84 valence electrons. The van der Waals surface area contributed by atoms with Gasteiger partial charge in [0.25, 0.3) is 0 Å². The van der Waals surface area contributed by atoms with Gasteiger partial charge in [-0.1, -0.05) is 19.9 Å². The Balaban J connectivity index is 2.81. The maximum atomic E-state index is 13.0. The molecular formula is C12H17F2N. The normalized spacial score (nSPS) is 15.0. The highest BCUT2D eigenvalue weighted by Crippen LogP contribution is 2.24. The summed E-state index contributed by atoms with van der Waals surface area (Å²) in [4.78, 5) is 0. The maximum absolute atomic E-state index is 13.0. The highest BCUT2D eigenvalue weighted by atomic mass is 19.2. The first kappa shape index (κ1) is 12.1. The highest BCUT2D eigenvalue weighted by Gasteiger charge is 2.15. The van der Waals surface area contributed by atoms with E-state index in [4.69, 9.17) is 0 Å². The van der Waals surface area contributed by atoms with Crippen molar-refractivity contribution in [3.63, 3.8) is 0 Å². The number of hydrogen-bond acceptors (Lipinski definition) is 1. The number of hydrogen-bond donors (Lipinski definition) is 1. The van der Waals surface area contributed by atoms with Gasteiger partial charge in [-0.3, -0.25) is 0 Å². The van der Waals surface area contributed by atoms with Crippen LogP contribution >= 0.6 is 0 Å². The molecule has 0 aliphatic heterocycles. The molecule has 1 rings (SSSR count). The Bertz CT molecular complexity index is 325.